The number of benzene rings is 3. The molecule has 0 fully saturated rings. The quantitative estimate of drug-likeness (QED) is 0.437. The standard InChI is InChI=1S/C24H24O5/c1-3-24(26)29-16-19(25)15-28-23-13-12-22(20-10-6-7-11-21(20)23)27-14-18-9-5-4-8-17(18)2/h3-13,19,25H,1,14-16H2,2H3. The third-order valence-electron chi connectivity index (χ3n) is 4.50. The van der Waals surface area contributed by atoms with E-state index in [2.05, 4.69) is 25.6 Å². The van der Waals surface area contributed by atoms with Gasteiger partial charge in [-0.3, -0.25) is 0 Å². The number of esters is 1. The van der Waals surface area contributed by atoms with Crippen molar-refractivity contribution in [2.45, 2.75) is 19.6 Å². The molecule has 5 heteroatoms. The van der Waals surface area contributed by atoms with Crippen molar-refractivity contribution < 1.29 is 24.1 Å². The van der Waals surface area contributed by atoms with E-state index in [1.165, 1.54) is 5.56 Å². The topological polar surface area (TPSA) is 65.0 Å². The largest absolute Gasteiger partial charge is 0.490 e. The fourth-order valence-corrected chi connectivity index (χ4v) is 2.89. The van der Waals surface area contributed by atoms with Gasteiger partial charge in [0.2, 0.25) is 0 Å². The average Bonchev–Trinajstić information content (AvgIpc) is 2.75. The maximum Gasteiger partial charge on any atom is 0.330 e. The summed E-state index contributed by atoms with van der Waals surface area (Å²) in [7, 11) is 0. The van der Waals surface area contributed by atoms with Gasteiger partial charge < -0.3 is 19.3 Å². The molecule has 29 heavy (non-hydrogen) atoms. The normalized spacial score (nSPS) is 11.7. The number of rotatable bonds is 9. The zero-order valence-electron chi connectivity index (χ0n) is 16.3. The van der Waals surface area contributed by atoms with Gasteiger partial charge in [-0.05, 0) is 30.2 Å². The van der Waals surface area contributed by atoms with Crippen LogP contribution in [-0.4, -0.2) is 30.4 Å². The second kappa shape index (κ2) is 9.75. The highest BCUT2D eigenvalue weighted by Gasteiger charge is 2.12. The molecule has 1 N–H and O–H groups in total. The first-order chi connectivity index (χ1) is 14.1. The number of carbonyl (C=O) groups excluding carboxylic acids is 1. The van der Waals surface area contributed by atoms with Crippen molar-refractivity contribution in [3.8, 4) is 11.5 Å². The van der Waals surface area contributed by atoms with Gasteiger partial charge in [0.05, 0.1) is 0 Å². The molecule has 5 nitrogen and oxygen atoms in total. The van der Waals surface area contributed by atoms with E-state index in [1.54, 1.807) is 0 Å². The average molecular weight is 392 g/mol. The lowest BCUT2D eigenvalue weighted by Gasteiger charge is -2.16. The van der Waals surface area contributed by atoms with E-state index in [9.17, 15) is 9.90 Å². The van der Waals surface area contributed by atoms with Gasteiger partial charge in [-0.25, -0.2) is 4.79 Å². The summed E-state index contributed by atoms with van der Waals surface area (Å²) in [6, 6.07) is 19.6. The summed E-state index contributed by atoms with van der Waals surface area (Å²) >= 11 is 0. The van der Waals surface area contributed by atoms with Gasteiger partial charge in [0.25, 0.3) is 0 Å². The third-order valence-corrected chi connectivity index (χ3v) is 4.50. The lowest BCUT2D eigenvalue weighted by Crippen LogP contribution is -2.24. The van der Waals surface area contributed by atoms with Crippen LogP contribution in [0, 0.1) is 6.92 Å². The van der Waals surface area contributed by atoms with Crippen LogP contribution < -0.4 is 9.47 Å². The summed E-state index contributed by atoms with van der Waals surface area (Å²) < 4.78 is 16.7. The zero-order valence-corrected chi connectivity index (χ0v) is 16.3. The van der Waals surface area contributed by atoms with Crippen LogP contribution in [0.5, 0.6) is 11.5 Å². The molecule has 1 atom stereocenters. The Morgan fingerprint density at radius 1 is 0.966 bits per heavy atom. The fraction of sp³-hybridized carbons (Fsp3) is 0.208. The molecule has 0 aromatic heterocycles. The minimum Gasteiger partial charge on any atom is -0.490 e. The first kappa shape index (κ1) is 20.4. The Balaban J connectivity index is 1.71. The van der Waals surface area contributed by atoms with E-state index in [1.807, 2.05) is 48.5 Å². The maximum atomic E-state index is 11.1. The molecule has 1 unspecified atom stereocenters. The summed E-state index contributed by atoms with van der Waals surface area (Å²) in [6.07, 6.45) is 0.117. The van der Waals surface area contributed by atoms with Gasteiger partial charge in [0.1, 0.15) is 37.4 Å². The number of fused-ring (bicyclic) bond motifs is 1. The number of hydrogen-bond acceptors (Lipinski definition) is 5. The Bertz CT molecular complexity index is 995. The van der Waals surface area contributed by atoms with E-state index >= 15 is 0 Å². The second-order valence-electron chi connectivity index (χ2n) is 6.62. The molecule has 0 spiro atoms. The van der Waals surface area contributed by atoms with Crippen molar-refractivity contribution in [1.29, 1.82) is 0 Å². The Kier molecular flexibility index (Phi) is 6.87. The summed E-state index contributed by atoms with van der Waals surface area (Å²) in [5, 5.41) is 11.8. The van der Waals surface area contributed by atoms with Gasteiger partial charge in [-0.2, -0.15) is 0 Å². The van der Waals surface area contributed by atoms with Gasteiger partial charge in [-0.15, -0.1) is 0 Å². The van der Waals surface area contributed by atoms with Crippen LogP contribution >= 0.6 is 0 Å². The van der Waals surface area contributed by atoms with Crippen LogP contribution in [0.15, 0.2) is 73.3 Å². The third kappa shape index (κ3) is 5.36. The van der Waals surface area contributed by atoms with Crippen molar-refractivity contribution in [2.75, 3.05) is 13.2 Å². The number of ether oxygens (including phenoxy) is 3. The summed E-state index contributed by atoms with van der Waals surface area (Å²) in [5.74, 6) is 0.805. The summed E-state index contributed by atoms with van der Waals surface area (Å²) in [5.41, 5.74) is 2.32. The minimum absolute atomic E-state index is 0.00215. The maximum absolute atomic E-state index is 11.1. The Morgan fingerprint density at radius 3 is 2.24 bits per heavy atom. The number of hydrogen-bond donors (Lipinski definition) is 1. The molecule has 0 aliphatic rings. The van der Waals surface area contributed by atoms with Gasteiger partial charge in [-0.1, -0.05) is 55.1 Å². The molecule has 0 saturated carbocycles. The minimum atomic E-state index is -0.936. The Morgan fingerprint density at radius 2 is 1.59 bits per heavy atom. The van der Waals surface area contributed by atoms with Crippen LogP contribution in [-0.2, 0) is 16.1 Å². The van der Waals surface area contributed by atoms with Crippen molar-refractivity contribution >= 4 is 16.7 Å². The van der Waals surface area contributed by atoms with Gasteiger partial charge >= 0.3 is 5.97 Å². The molecule has 0 aliphatic carbocycles. The second-order valence-corrected chi connectivity index (χ2v) is 6.62. The highest BCUT2D eigenvalue weighted by Crippen LogP contribution is 2.33. The van der Waals surface area contributed by atoms with Crippen molar-refractivity contribution in [3.05, 3.63) is 84.4 Å². The van der Waals surface area contributed by atoms with Crippen molar-refractivity contribution in [3.63, 3.8) is 0 Å². The molecule has 0 radical (unpaired) electrons. The molecule has 0 heterocycles. The fourth-order valence-electron chi connectivity index (χ4n) is 2.89. The van der Waals surface area contributed by atoms with Gasteiger partial charge in [0.15, 0.2) is 0 Å². The molecule has 150 valence electrons. The molecule has 3 aromatic carbocycles. The zero-order chi connectivity index (χ0) is 20.6. The predicted molar refractivity (Wildman–Crippen MR) is 112 cm³/mol. The molecule has 0 amide bonds. The van der Waals surface area contributed by atoms with Crippen LogP contribution in [0.4, 0.5) is 0 Å². The lowest BCUT2D eigenvalue weighted by atomic mass is 10.1. The van der Waals surface area contributed by atoms with E-state index in [4.69, 9.17) is 14.2 Å². The molecule has 3 aromatic rings. The summed E-state index contributed by atoms with van der Waals surface area (Å²) in [4.78, 5) is 11.1. The van der Waals surface area contributed by atoms with Crippen LogP contribution in [0.3, 0.4) is 0 Å². The van der Waals surface area contributed by atoms with E-state index in [-0.39, 0.29) is 13.2 Å². The number of aliphatic hydroxyl groups is 1. The SMILES string of the molecule is C=CC(=O)OCC(O)COc1ccc(OCc2ccccc2C)c2ccccc12. The van der Waals surface area contributed by atoms with Crippen molar-refractivity contribution in [1.82, 2.24) is 0 Å². The molecule has 0 aliphatic heterocycles. The Hall–Kier alpha value is -3.31. The lowest BCUT2D eigenvalue weighted by molar-refractivity contribution is -0.141. The Labute approximate surface area is 170 Å². The highest BCUT2D eigenvalue weighted by molar-refractivity contribution is 5.93. The van der Waals surface area contributed by atoms with E-state index < -0.39 is 12.1 Å². The number of aryl methyl sites for hydroxylation is 1. The smallest absolute Gasteiger partial charge is 0.330 e. The van der Waals surface area contributed by atoms with E-state index in [0.717, 1.165) is 28.2 Å². The highest BCUT2D eigenvalue weighted by atomic mass is 16.5. The first-order valence-corrected chi connectivity index (χ1v) is 9.37. The number of carbonyl (C=O) groups is 1. The van der Waals surface area contributed by atoms with Crippen LogP contribution in [0.25, 0.3) is 10.8 Å². The monoisotopic (exact) mass is 392 g/mol. The molecule has 0 bridgehead atoms. The van der Waals surface area contributed by atoms with Crippen molar-refractivity contribution in [2.24, 2.45) is 0 Å². The predicted octanol–water partition coefficient (Wildman–Crippen LogP) is 4.20. The molecular weight excluding hydrogens is 368 g/mol. The van der Waals surface area contributed by atoms with Crippen LogP contribution in [0.2, 0.25) is 0 Å². The first-order valence-electron chi connectivity index (χ1n) is 9.37. The van der Waals surface area contributed by atoms with E-state index in [0.29, 0.717) is 12.4 Å². The summed E-state index contributed by atoms with van der Waals surface area (Å²) in [6.45, 7) is 5.70. The molecule has 0 saturated heterocycles. The number of aliphatic hydroxyl groups excluding tert-OH is 1. The van der Waals surface area contributed by atoms with Gasteiger partial charge in [0, 0.05) is 16.8 Å². The van der Waals surface area contributed by atoms with Crippen LogP contribution in [0.1, 0.15) is 11.1 Å². The molecule has 3 rings (SSSR count). The molecular formula is C24H24O5.